The molecule has 0 atom stereocenters. The van der Waals surface area contributed by atoms with Crippen LogP contribution in [0.3, 0.4) is 0 Å². The summed E-state index contributed by atoms with van der Waals surface area (Å²) in [7, 11) is 0. The summed E-state index contributed by atoms with van der Waals surface area (Å²) in [6.07, 6.45) is 1.01. The SMILES string of the molecule is CCc1ccc(CN=C2NC(=O)C(=O)N2)s1. The first kappa shape index (κ1) is 10.8. The molecule has 1 saturated heterocycles. The average molecular weight is 237 g/mol. The molecule has 0 aliphatic carbocycles. The van der Waals surface area contributed by atoms with Crippen LogP contribution in [0.5, 0.6) is 0 Å². The van der Waals surface area contributed by atoms with E-state index in [0.29, 0.717) is 6.54 Å². The lowest BCUT2D eigenvalue weighted by molar-refractivity contribution is -0.135. The van der Waals surface area contributed by atoms with Crippen molar-refractivity contribution in [2.75, 3.05) is 0 Å². The van der Waals surface area contributed by atoms with Crippen LogP contribution in [0, 0.1) is 0 Å². The summed E-state index contributed by atoms with van der Waals surface area (Å²) >= 11 is 1.69. The molecule has 1 aliphatic heterocycles. The van der Waals surface area contributed by atoms with Crippen LogP contribution < -0.4 is 10.6 Å². The Morgan fingerprint density at radius 2 is 1.81 bits per heavy atom. The Morgan fingerprint density at radius 3 is 2.38 bits per heavy atom. The second-order valence-electron chi connectivity index (χ2n) is 3.29. The highest BCUT2D eigenvalue weighted by Crippen LogP contribution is 2.17. The Morgan fingerprint density at radius 1 is 1.19 bits per heavy atom. The van der Waals surface area contributed by atoms with E-state index in [1.54, 1.807) is 11.3 Å². The van der Waals surface area contributed by atoms with E-state index in [9.17, 15) is 9.59 Å². The number of nitrogens with one attached hydrogen (secondary N) is 2. The largest absolute Gasteiger partial charge is 0.316 e. The summed E-state index contributed by atoms with van der Waals surface area (Å²) < 4.78 is 0. The van der Waals surface area contributed by atoms with Crippen molar-refractivity contribution in [2.24, 2.45) is 4.99 Å². The van der Waals surface area contributed by atoms with Gasteiger partial charge in [0.2, 0.25) is 5.96 Å². The van der Waals surface area contributed by atoms with Crippen molar-refractivity contribution in [1.82, 2.24) is 10.6 Å². The van der Waals surface area contributed by atoms with Gasteiger partial charge < -0.3 is 0 Å². The van der Waals surface area contributed by atoms with Gasteiger partial charge in [0.15, 0.2) is 0 Å². The molecular formula is C10H11N3O2S. The summed E-state index contributed by atoms with van der Waals surface area (Å²) in [5.41, 5.74) is 0. The monoisotopic (exact) mass is 237 g/mol. The number of carbonyl (C=O) groups is 2. The quantitative estimate of drug-likeness (QED) is 0.748. The van der Waals surface area contributed by atoms with Gasteiger partial charge in [0.25, 0.3) is 0 Å². The van der Waals surface area contributed by atoms with Crippen molar-refractivity contribution in [3.63, 3.8) is 0 Å². The Hall–Kier alpha value is -1.69. The Bertz CT molecular complexity index is 446. The molecule has 84 valence electrons. The molecular weight excluding hydrogens is 226 g/mol. The molecule has 2 amide bonds. The van der Waals surface area contributed by atoms with Crippen LogP contribution in [0.25, 0.3) is 0 Å². The van der Waals surface area contributed by atoms with Crippen molar-refractivity contribution >= 4 is 29.1 Å². The second kappa shape index (κ2) is 4.44. The highest BCUT2D eigenvalue weighted by atomic mass is 32.1. The molecule has 2 heterocycles. The van der Waals surface area contributed by atoms with E-state index < -0.39 is 11.8 Å². The molecule has 0 bridgehead atoms. The summed E-state index contributed by atoms with van der Waals surface area (Å²) in [6.45, 7) is 2.57. The third-order valence-electron chi connectivity index (χ3n) is 2.13. The number of amides is 2. The molecule has 0 unspecified atom stereocenters. The van der Waals surface area contributed by atoms with E-state index >= 15 is 0 Å². The number of aliphatic imine (C=N–C) groups is 1. The third-order valence-corrected chi connectivity index (χ3v) is 3.34. The van der Waals surface area contributed by atoms with Crippen LogP contribution >= 0.6 is 11.3 Å². The molecule has 1 aromatic rings. The van der Waals surface area contributed by atoms with Gasteiger partial charge in [0, 0.05) is 9.75 Å². The first-order valence-electron chi connectivity index (χ1n) is 4.93. The van der Waals surface area contributed by atoms with Crippen LogP contribution in [0.15, 0.2) is 17.1 Å². The van der Waals surface area contributed by atoms with Gasteiger partial charge in [-0.25, -0.2) is 4.99 Å². The molecule has 0 saturated carbocycles. The second-order valence-corrected chi connectivity index (χ2v) is 4.55. The molecule has 1 fully saturated rings. The van der Waals surface area contributed by atoms with Crippen LogP contribution in [-0.4, -0.2) is 17.8 Å². The summed E-state index contributed by atoms with van der Waals surface area (Å²) in [5.74, 6) is -1.07. The van der Waals surface area contributed by atoms with Crippen LogP contribution in [0.1, 0.15) is 16.7 Å². The molecule has 1 aromatic heterocycles. The lowest BCUT2D eigenvalue weighted by Crippen LogP contribution is -2.25. The van der Waals surface area contributed by atoms with E-state index in [-0.39, 0.29) is 5.96 Å². The van der Waals surface area contributed by atoms with E-state index in [2.05, 4.69) is 28.6 Å². The highest BCUT2D eigenvalue weighted by Gasteiger charge is 2.24. The van der Waals surface area contributed by atoms with Gasteiger partial charge in [-0.3, -0.25) is 20.2 Å². The molecule has 2 rings (SSSR count). The van der Waals surface area contributed by atoms with Gasteiger partial charge in [0.1, 0.15) is 0 Å². The lowest BCUT2D eigenvalue weighted by Gasteiger charge is -1.94. The fraction of sp³-hybridized carbons (Fsp3) is 0.300. The maximum atomic E-state index is 10.8. The molecule has 5 nitrogen and oxygen atoms in total. The zero-order valence-corrected chi connectivity index (χ0v) is 9.56. The maximum absolute atomic E-state index is 10.8. The van der Waals surface area contributed by atoms with Gasteiger partial charge >= 0.3 is 11.8 Å². The number of nitrogens with zero attached hydrogens (tertiary/aromatic N) is 1. The van der Waals surface area contributed by atoms with Gasteiger partial charge in [-0.2, -0.15) is 0 Å². The summed E-state index contributed by atoms with van der Waals surface area (Å²) in [4.78, 5) is 28.2. The smallest absolute Gasteiger partial charge is 0.288 e. The number of hydrogen-bond donors (Lipinski definition) is 2. The van der Waals surface area contributed by atoms with E-state index in [1.807, 2.05) is 6.07 Å². The van der Waals surface area contributed by atoms with Gasteiger partial charge in [-0.1, -0.05) is 6.92 Å². The standard InChI is InChI=1S/C10H11N3O2S/c1-2-6-3-4-7(16-6)5-11-10-12-8(14)9(15)13-10/h3-4H,2,5H2,1H3,(H2,11,12,13,14,15). The molecule has 1 aliphatic rings. The number of thiophene rings is 1. The lowest BCUT2D eigenvalue weighted by atomic mass is 10.4. The van der Waals surface area contributed by atoms with Crippen molar-refractivity contribution in [1.29, 1.82) is 0 Å². The predicted molar refractivity (Wildman–Crippen MR) is 61.1 cm³/mol. The van der Waals surface area contributed by atoms with Crippen LogP contribution in [0.4, 0.5) is 0 Å². The summed E-state index contributed by atoms with van der Waals surface area (Å²) in [6, 6.07) is 4.07. The number of hydrogen-bond acceptors (Lipinski definition) is 4. The number of carbonyl (C=O) groups excluding carboxylic acids is 2. The zero-order valence-electron chi connectivity index (χ0n) is 8.74. The maximum Gasteiger partial charge on any atom is 0.316 e. The van der Waals surface area contributed by atoms with Gasteiger partial charge in [-0.15, -0.1) is 11.3 Å². The minimum absolute atomic E-state index is 0.237. The molecule has 6 heteroatoms. The normalized spacial score (nSPS) is 14.9. The molecule has 0 aromatic carbocycles. The van der Waals surface area contributed by atoms with Crippen LogP contribution in [0.2, 0.25) is 0 Å². The van der Waals surface area contributed by atoms with Crippen molar-refractivity contribution in [3.05, 3.63) is 21.9 Å². The average Bonchev–Trinajstić information content (AvgIpc) is 2.84. The van der Waals surface area contributed by atoms with Crippen molar-refractivity contribution in [2.45, 2.75) is 19.9 Å². The van der Waals surface area contributed by atoms with Gasteiger partial charge in [-0.05, 0) is 18.6 Å². The van der Waals surface area contributed by atoms with E-state index in [1.165, 1.54) is 4.88 Å². The Labute approximate surface area is 96.6 Å². The van der Waals surface area contributed by atoms with E-state index in [0.717, 1.165) is 11.3 Å². The molecule has 16 heavy (non-hydrogen) atoms. The minimum atomic E-state index is -0.654. The molecule has 2 N–H and O–H groups in total. The van der Waals surface area contributed by atoms with E-state index in [4.69, 9.17) is 0 Å². The first-order valence-corrected chi connectivity index (χ1v) is 5.75. The minimum Gasteiger partial charge on any atom is -0.288 e. The third kappa shape index (κ3) is 2.27. The Balaban J connectivity index is 1.99. The number of rotatable bonds is 3. The summed E-state index contributed by atoms with van der Waals surface area (Å²) in [5, 5.41) is 4.70. The van der Waals surface area contributed by atoms with Gasteiger partial charge in [0.05, 0.1) is 6.54 Å². The fourth-order valence-electron chi connectivity index (χ4n) is 1.29. The highest BCUT2D eigenvalue weighted by molar-refractivity contribution is 7.11. The van der Waals surface area contributed by atoms with Crippen LogP contribution in [-0.2, 0) is 22.6 Å². The predicted octanol–water partition coefficient (Wildman–Crippen LogP) is 0.412. The number of guanidine groups is 1. The Kier molecular flexibility index (Phi) is 3.00. The molecule has 0 radical (unpaired) electrons. The fourth-order valence-corrected chi connectivity index (χ4v) is 2.18. The first-order chi connectivity index (χ1) is 7.69. The topological polar surface area (TPSA) is 70.6 Å². The number of aryl methyl sites for hydroxylation is 1. The van der Waals surface area contributed by atoms with Crippen molar-refractivity contribution < 1.29 is 9.59 Å². The molecule has 0 spiro atoms. The van der Waals surface area contributed by atoms with Crippen molar-refractivity contribution in [3.8, 4) is 0 Å². The zero-order chi connectivity index (χ0) is 11.5.